The summed E-state index contributed by atoms with van der Waals surface area (Å²) >= 11 is 0. The number of anilines is 1. The Morgan fingerprint density at radius 2 is 1.85 bits per heavy atom. The minimum atomic E-state index is -0.398. The molecule has 0 unspecified atom stereocenters. The van der Waals surface area contributed by atoms with Crippen molar-refractivity contribution in [2.45, 2.75) is 32.6 Å². The number of piperidine rings is 1. The van der Waals surface area contributed by atoms with E-state index in [2.05, 4.69) is 38.9 Å². The number of esters is 1. The Kier molecular flexibility index (Phi) is 7.78. The Morgan fingerprint density at radius 3 is 2.48 bits per heavy atom. The number of pyridine rings is 1. The van der Waals surface area contributed by atoms with Crippen LogP contribution in [-0.2, 0) is 4.74 Å². The van der Waals surface area contributed by atoms with Gasteiger partial charge in [-0.1, -0.05) is 13.8 Å². The normalized spacial score (nSPS) is 13.8. The molecule has 204 valence electrons. The summed E-state index contributed by atoms with van der Waals surface area (Å²) in [7, 11) is 1.35. The zero-order valence-electron chi connectivity index (χ0n) is 22.8. The van der Waals surface area contributed by atoms with Gasteiger partial charge < -0.3 is 19.4 Å². The summed E-state index contributed by atoms with van der Waals surface area (Å²) < 4.78 is 10.8. The van der Waals surface area contributed by atoms with Gasteiger partial charge >= 0.3 is 5.97 Å². The predicted molar refractivity (Wildman–Crippen MR) is 153 cm³/mol. The minimum Gasteiger partial charge on any atom is -0.465 e. The quantitative estimate of drug-likeness (QED) is 0.228. The number of hydrogen-bond donors (Lipinski definition) is 1. The zero-order valence-corrected chi connectivity index (χ0v) is 22.8. The van der Waals surface area contributed by atoms with E-state index in [0.29, 0.717) is 46.3 Å². The fourth-order valence-electron chi connectivity index (χ4n) is 4.94. The standard InChI is InChI=1S/C31H31N5O4/c1-19(2)25-15-24(32-3)16-26-28(25)40-30(35-26)22-7-5-21(6-8-22)29(37)34-17-20-11-13-36(14-12-20)27-10-9-23(18-33-27)31(38)39-4/h5-10,15-16,18-20H,11-14,17H2,1-2,4H3,(H,34,37). The van der Waals surface area contributed by atoms with Crippen molar-refractivity contribution in [2.24, 2.45) is 5.92 Å². The smallest absolute Gasteiger partial charge is 0.339 e. The second-order valence-electron chi connectivity index (χ2n) is 10.3. The number of nitrogens with one attached hydrogen (secondary N) is 1. The van der Waals surface area contributed by atoms with Crippen molar-refractivity contribution in [3.05, 3.63) is 82.8 Å². The highest BCUT2D eigenvalue weighted by molar-refractivity contribution is 5.94. The fraction of sp³-hybridized carbons (Fsp3) is 0.323. The number of carbonyl (C=O) groups is 2. The lowest BCUT2D eigenvalue weighted by Crippen LogP contribution is -2.39. The zero-order chi connectivity index (χ0) is 28.2. The van der Waals surface area contributed by atoms with E-state index in [1.54, 1.807) is 24.3 Å². The monoisotopic (exact) mass is 537 g/mol. The van der Waals surface area contributed by atoms with Crippen molar-refractivity contribution >= 4 is 34.5 Å². The van der Waals surface area contributed by atoms with Crippen molar-refractivity contribution in [2.75, 3.05) is 31.6 Å². The first-order chi connectivity index (χ1) is 19.4. The lowest BCUT2D eigenvalue weighted by atomic mass is 9.96. The molecular formula is C31H31N5O4. The maximum Gasteiger partial charge on any atom is 0.339 e. The molecular weight excluding hydrogens is 506 g/mol. The molecule has 40 heavy (non-hydrogen) atoms. The number of hydrogen-bond acceptors (Lipinski definition) is 7. The highest BCUT2D eigenvalue weighted by Gasteiger charge is 2.22. The Hall–Kier alpha value is -4.71. The van der Waals surface area contributed by atoms with Gasteiger partial charge in [0.25, 0.3) is 5.91 Å². The summed E-state index contributed by atoms with van der Waals surface area (Å²) in [6.45, 7) is 13.8. The van der Waals surface area contributed by atoms with Crippen LogP contribution in [0.5, 0.6) is 0 Å². The van der Waals surface area contributed by atoms with Crippen molar-refractivity contribution in [1.82, 2.24) is 15.3 Å². The highest BCUT2D eigenvalue weighted by atomic mass is 16.5. The minimum absolute atomic E-state index is 0.115. The highest BCUT2D eigenvalue weighted by Crippen LogP contribution is 2.34. The van der Waals surface area contributed by atoms with Crippen molar-refractivity contribution in [3.8, 4) is 11.5 Å². The van der Waals surface area contributed by atoms with Crippen molar-refractivity contribution in [3.63, 3.8) is 0 Å². The van der Waals surface area contributed by atoms with Gasteiger partial charge in [0, 0.05) is 37.0 Å². The van der Waals surface area contributed by atoms with E-state index >= 15 is 0 Å². The number of aromatic nitrogens is 2. The van der Waals surface area contributed by atoms with Crippen LogP contribution in [0.15, 0.2) is 59.1 Å². The summed E-state index contributed by atoms with van der Waals surface area (Å²) in [5.74, 6) is 1.36. The molecule has 4 aromatic rings. The van der Waals surface area contributed by atoms with E-state index < -0.39 is 5.97 Å². The largest absolute Gasteiger partial charge is 0.465 e. The van der Waals surface area contributed by atoms with Gasteiger partial charge in [-0.25, -0.2) is 19.6 Å². The molecule has 0 saturated carbocycles. The average molecular weight is 538 g/mol. The summed E-state index contributed by atoms with van der Waals surface area (Å²) in [5.41, 5.74) is 4.63. The molecule has 5 rings (SSSR count). The van der Waals surface area contributed by atoms with Crippen LogP contribution in [-0.4, -0.2) is 48.6 Å². The predicted octanol–water partition coefficient (Wildman–Crippen LogP) is 6.00. The number of amides is 1. The number of ether oxygens (including phenoxy) is 1. The first kappa shape index (κ1) is 26.9. The lowest BCUT2D eigenvalue weighted by Gasteiger charge is -2.32. The van der Waals surface area contributed by atoms with Gasteiger partial charge in [-0.15, -0.1) is 0 Å². The third kappa shape index (κ3) is 5.66. The van der Waals surface area contributed by atoms with Crippen molar-refractivity contribution in [1.29, 1.82) is 0 Å². The number of carbonyl (C=O) groups excluding carboxylic acids is 2. The molecule has 0 aliphatic carbocycles. The van der Waals surface area contributed by atoms with Crippen LogP contribution in [0.3, 0.4) is 0 Å². The summed E-state index contributed by atoms with van der Waals surface area (Å²) in [6.07, 6.45) is 3.41. The Bertz CT molecular complexity index is 1560. The van der Waals surface area contributed by atoms with Crippen LogP contribution < -0.4 is 10.2 Å². The van der Waals surface area contributed by atoms with Gasteiger partial charge in [0.15, 0.2) is 11.3 Å². The lowest BCUT2D eigenvalue weighted by molar-refractivity contribution is 0.0600. The molecule has 1 amide bonds. The molecule has 9 nitrogen and oxygen atoms in total. The molecule has 0 radical (unpaired) electrons. The molecule has 1 fully saturated rings. The Morgan fingerprint density at radius 1 is 1.12 bits per heavy atom. The Labute approximate surface area is 233 Å². The van der Waals surface area contributed by atoms with Crippen LogP contribution in [0, 0.1) is 12.5 Å². The molecule has 9 heteroatoms. The first-order valence-electron chi connectivity index (χ1n) is 13.4. The van der Waals surface area contributed by atoms with Gasteiger partial charge in [0.05, 0.1) is 24.8 Å². The number of nitrogens with zero attached hydrogens (tertiary/aromatic N) is 4. The number of methoxy groups -OCH3 is 1. The van der Waals surface area contributed by atoms with E-state index in [1.165, 1.54) is 13.3 Å². The summed E-state index contributed by atoms with van der Waals surface area (Å²) in [4.78, 5) is 39.2. The number of benzene rings is 2. The van der Waals surface area contributed by atoms with Crippen LogP contribution in [0.4, 0.5) is 11.5 Å². The Balaban J connectivity index is 1.16. The number of fused-ring (bicyclic) bond motifs is 1. The maximum atomic E-state index is 12.8. The van der Waals surface area contributed by atoms with Crippen LogP contribution in [0.2, 0.25) is 0 Å². The molecule has 1 N–H and O–H groups in total. The van der Waals surface area contributed by atoms with Crippen LogP contribution in [0.1, 0.15) is 58.9 Å². The van der Waals surface area contributed by atoms with Crippen molar-refractivity contribution < 1.29 is 18.7 Å². The SMILES string of the molecule is [C-]#[N+]c1cc(C(C)C)c2oc(-c3ccc(C(=O)NCC4CCN(c5ccc(C(=O)OC)cn5)CC4)cc3)nc2c1. The summed E-state index contributed by atoms with van der Waals surface area (Å²) in [5, 5.41) is 3.07. The van der Waals surface area contributed by atoms with Gasteiger partial charge in [-0.2, -0.15) is 0 Å². The topological polar surface area (TPSA) is 102 Å². The number of rotatable bonds is 7. The average Bonchev–Trinajstić information content (AvgIpc) is 3.43. The molecule has 1 aliphatic heterocycles. The molecule has 0 spiro atoms. The third-order valence-electron chi connectivity index (χ3n) is 7.31. The van der Waals surface area contributed by atoms with Gasteiger partial charge in [-0.3, -0.25) is 4.79 Å². The van der Waals surface area contributed by atoms with E-state index in [4.69, 9.17) is 15.7 Å². The van der Waals surface area contributed by atoms with Gasteiger partial charge in [0.2, 0.25) is 5.89 Å². The molecule has 1 aliphatic rings. The maximum absolute atomic E-state index is 12.8. The van der Waals surface area contributed by atoms with E-state index in [9.17, 15) is 9.59 Å². The van der Waals surface area contributed by atoms with E-state index in [-0.39, 0.29) is 11.8 Å². The first-order valence-corrected chi connectivity index (χ1v) is 13.4. The second kappa shape index (κ2) is 11.6. The molecule has 0 bridgehead atoms. The molecule has 0 atom stereocenters. The third-order valence-corrected chi connectivity index (χ3v) is 7.31. The summed E-state index contributed by atoms with van der Waals surface area (Å²) in [6, 6.07) is 14.4. The van der Waals surface area contributed by atoms with Crippen LogP contribution >= 0.6 is 0 Å². The molecule has 2 aromatic heterocycles. The molecule has 3 heterocycles. The molecule has 2 aromatic carbocycles. The van der Waals surface area contributed by atoms with Gasteiger partial charge in [0.1, 0.15) is 5.82 Å². The van der Waals surface area contributed by atoms with Crippen LogP contribution in [0.25, 0.3) is 27.4 Å². The van der Waals surface area contributed by atoms with Gasteiger partial charge in [-0.05, 0) is 78.8 Å². The second-order valence-corrected chi connectivity index (χ2v) is 10.3. The number of oxazole rings is 1. The molecule has 1 saturated heterocycles. The van der Waals surface area contributed by atoms with E-state index in [0.717, 1.165) is 42.9 Å². The fourth-order valence-corrected chi connectivity index (χ4v) is 4.94. The van der Waals surface area contributed by atoms with E-state index in [1.807, 2.05) is 24.3 Å².